The smallest absolute Gasteiger partial charge is 0.245 e. The summed E-state index contributed by atoms with van der Waals surface area (Å²) in [6.07, 6.45) is 2.40. The van der Waals surface area contributed by atoms with Crippen molar-refractivity contribution in [2.75, 3.05) is 11.9 Å². The largest absolute Gasteiger partial charge is 0.377 e. The van der Waals surface area contributed by atoms with Crippen molar-refractivity contribution in [1.29, 1.82) is 0 Å². The molecule has 3 atom stereocenters. The average Bonchev–Trinajstić information content (AvgIpc) is 2.90. The summed E-state index contributed by atoms with van der Waals surface area (Å²) in [5.74, 6) is -0.133. The van der Waals surface area contributed by atoms with Crippen LogP contribution in [0.3, 0.4) is 0 Å². The van der Waals surface area contributed by atoms with Gasteiger partial charge < -0.3 is 15.8 Å². The number of pyridine rings is 1. The monoisotopic (exact) mass is 373 g/mol. The summed E-state index contributed by atoms with van der Waals surface area (Å²) >= 11 is 9.14. The zero-order valence-corrected chi connectivity index (χ0v) is 14.2. The molecule has 2 heterocycles. The zero-order chi connectivity index (χ0) is 15.4. The first kappa shape index (κ1) is 15.2. The lowest BCUT2D eigenvalue weighted by Crippen LogP contribution is -2.79. The van der Waals surface area contributed by atoms with Crippen LogP contribution >= 0.6 is 27.5 Å². The molecule has 3 unspecified atom stereocenters. The van der Waals surface area contributed by atoms with E-state index in [2.05, 4.69) is 26.2 Å². The first-order chi connectivity index (χ1) is 9.78. The number of nitrogens with one attached hydrogen (secondary N) is 1. The Balaban J connectivity index is 1.83. The molecule has 1 aromatic heterocycles. The fourth-order valence-corrected chi connectivity index (χ4v) is 4.02. The molecular formula is C14H17BrClN3O2. The Morgan fingerprint density at radius 3 is 3.00 bits per heavy atom. The van der Waals surface area contributed by atoms with Gasteiger partial charge in [0.1, 0.15) is 10.7 Å². The number of rotatable bonds is 2. The molecule has 0 radical (unpaired) electrons. The molecule has 21 heavy (non-hydrogen) atoms. The maximum atomic E-state index is 12.7. The van der Waals surface area contributed by atoms with Crippen molar-refractivity contribution in [3.63, 3.8) is 0 Å². The number of nitrogens with zero attached hydrogens (tertiary/aromatic N) is 1. The second-order valence-electron chi connectivity index (χ2n) is 6.23. The summed E-state index contributed by atoms with van der Waals surface area (Å²) in [4.78, 5) is 16.7. The predicted octanol–water partition coefficient (Wildman–Crippen LogP) is 2.58. The summed E-state index contributed by atoms with van der Waals surface area (Å²) in [6.45, 7) is 4.63. The number of carbonyl (C=O) groups is 1. The van der Waals surface area contributed by atoms with Crippen LogP contribution in [-0.2, 0) is 9.53 Å². The van der Waals surface area contributed by atoms with Gasteiger partial charge in [-0.15, -0.1) is 0 Å². The van der Waals surface area contributed by atoms with Crippen molar-refractivity contribution >= 4 is 39.1 Å². The summed E-state index contributed by atoms with van der Waals surface area (Å²) in [6, 6.07) is 1.71. The number of fused-ring (bicyclic) bond motifs is 1. The molecule has 1 amide bonds. The van der Waals surface area contributed by atoms with E-state index in [9.17, 15) is 4.79 Å². The Kier molecular flexibility index (Phi) is 3.56. The van der Waals surface area contributed by atoms with Crippen molar-refractivity contribution in [2.24, 2.45) is 17.1 Å². The number of hydrogen-bond acceptors (Lipinski definition) is 4. The predicted molar refractivity (Wildman–Crippen MR) is 84.1 cm³/mol. The molecule has 5 nitrogen and oxygen atoms in total. The van der Waals surface area contributed by atoms with Crippen LogP contribution in [0.15, 0.2) is 16.7 Å². The minimum absolute atomic E-state index is 0.0586. The van der Waals surface area contributed by atoms with Crippen molar-refractivity contribution in [1.82, 2.24) is 4.98 Å². The lowest BCUT2D eigenvalue weighted by Gasteiger charge is -2.60. The normalized spacial score (nSPS) is 33.2. The van der Waals surface area contributed by atoms with Gasteiger partial charge in [0, 0.05) is 17.9 Å². The molecule has 2 fully saturated rings. The van der Waals surface area contributed by atoms with E-state index in [0.717, 1.165) is 6.42 Å². The number of carbonyl (C=O) groups excluding carboxylic acids is 1. The molecule has 1 aromatic rings. The SMILES string of the molecule is CC1(C)C2OCCC2C1(N)C(=O)Nc1cnc(Cl)c(Br)c1. The highest BCUT2D eigenvalue weighted by Gasteiger charge is 2.71. The van der Waals surface area contributed by atoms with Gasteiger partial charge in [-0.25, -0.2) is 4.98 Å². The van der Waals surface area contributed by atoms with Gasteiger partial charge in [0.25, 0.3) is 0 Å². The van der Waals surface area contributed by atoms with E-state index in [1.807, 2.05) is 13.8 Å². The molecule has 3 rings (SSSR count). The fraction of sp³-hybridized carbons (Fsp3) is 0.571. The Labute approximate surface area is 136 Å². The molecule has 114 valence electrons. The molecule has 1 aliphatic carbocycles. The number of hydrogen-bond donors (Lipinski definition) is 2. The zero-order valence-electron chi connectivity index (χ0n) is 11.8. The van der Waals surface area contributed by atoms with E-state index < -0.39 is 11.0 Å². The van der Waals surface area contributed by atoms with Crippen molar-refractivity contribution < 1.29 is 9.53 Å². The first-order valence-corrected chi connectivity index (χ1v) is 7.98. The fourth-order valence-electron chi connectivity index (χ4n) is 3.57. The lowest BCUT2D eigenvalue weighted by molar-refractivity contribution is -0.170. The molecule has 1 saturated carbocycles. The number of nitrogens with two attached hydrogens (primary N) is 1. The number of anilines is 1. The summed E-state index contributed by atoms with van der Waals surface area (Å²) in [5.41, 5.74) is 5.72. The second-order valence-corrected chi connectivity index (χ2v) is 7.44. The third-order valence-corrected chi connectivity index (χ3v) is 6.02. The summed E-state index contributed by atoms with van der Waals surface area (Å²) in [5, 5.41) is 3.20. The lowest BCUT2D eigenvalue weighted by atomic mass is 9.48. The number of amides is 1. The van der Waals surface area contributed by atoms with Crippen LogP contribution in [0.4, 0.5) is 5.69 Å². The molecular weight excluding hydrogens is 358 g/mol. The number of aromatic nitrogens is 1. The Morgan fingerprint density at radius 2 is 2.33 bits per heavy atom. The highest BCUT2D eigenvalue weighted by molar-refractivity contribution is 9.10. The van der Waals surface area contributed by atoms with Crippen molar-refractivity contribution in [2.45, 2.75) is 31.9 Å². The maximum Gasteiger partial charge on any atom is 0.245 e. The Bertz CT molecular complexity index is 610. The molecule has 0 spiro atoms. The van der Waals surface area contributed by atoms with Gasteiger partial charge in [0.15, 0.2) is 0 Å². The molecule has 1 aliphatic heterocycles. The van der Waals surface area contributed by atoms with Gasteiger partial charge in [0.2, 0.25) is 5.91 Å². The van der Waals surface area contributed by atoms with E-state index in [4.69, 9.17) is 22.1 Å². The number of halogens is 2. The van der Waals surface area contributed by atoms with E-state index in [0.29, 0.717) is 21.9 Å². The van der Waals surface area contributed by atoms with Crippen LogP contribution in [0.5, 0.6) is 0 Å². The van der Waals surface area contributed by atoms with Crippen LogP contribution in [0.1, 0.15) is 20.3 Å². The summed E-state index contributed by atoms with van der Waals surface area (Å²) < 4.78 is 6.33. The van der Waals surface area contributed by atoms with Crippen molar-refractivity contribution in [3.05, 3.63) is 21.9 Å². The Morgan fingerprint density at radius 1 is 1.62 bits per heavy atom. The van der Waals surface area contributed by atoms with E-state index in [1.54, 1.807) is 6.07 Å². The molecule has 1 saturated heterocycles. The molecule has 3 N–H and O–H groups in total. The van der Waals surface area contributed by atoms with Crippen LogP contribution in [0.2, 0.25) is 5.15 Å². The van der Waals surface area contributed by atoms with Gasteiger partial charge in [-0.05, 0) is 28.4 Å². The highest BCUT2D eigenvalue weighted by atomic mass is 79.9. The summed E-state index contributed by atoms with van der Waals surface area (Å²) in [7, 11) is 0. The van der Waals surface area contributed by atoms with Crippen LogP contribution in [0, 0.1) is 11.3 Å². The highest BCUT2D eigenvalue weighted by Crippen LogP contribution is 2.58. The molecule has 0 bridgehead atoms. The second kappa shape index (κ2) is 4.91. The Hall–Kier alpha value is -0.690. The first-order valence-electron chi connectivity index (χ1n) is 6.81. The van der Waals surface area contributed by atoms with E-state index >= 15 is 0 Å². The minimum Gasteiger partial charge on any atom is -0.377 e. The topological polar surface area (TPSA) is 77.2 Å². The van der Waals surface area contributed by atoms with Gasteiger partial charge >= 0.3 is 0 Å². The molecule has 7 heteroatoms. The van der Waals surface area contributed by atoms with Crippen molar-refractivity contribution in [3.8, 4) is 0 Å². The van der Waals surface area contributed by atoms with Crippen LogP contribution < -0.4 is 11.1 Å². The molecule has 2 aliphatic rings. The van der Waals surface area contributed by atoms with Gasteiger partial charge in [-0.2, -0.15) is 0 Å². The van der Waals surface area contributed by atoms with E-state index in [1.165, 1.54) is 6.20 Å². The van der Waals surface area contributed by atoms with Gasteiger partial charge in [-0.1, -0.05) is 25.4 Å². The van der Waals surface area contributed by atoms with Gasteiger partial charge in [0.05, 0.1) is 22.5 Å². The minimum atomic E-state index is -0.930. The van der Waals surface area contributed by atoms with Gasteiger partial charge in [-0.3, -0.25) is 4.79 Å². The quantitative estimate of drug-likeness (QED) is 0.780. The van der Waals surface area contributed by atoms with Crippen LogP contribution in [-0.4, -0.2) is 29.1 Å². The van der Waals surface area contributed by atoms with E-state index in [-0.39, 0.29) is 17.9 Å². The third-order valence-electron chi connectivity index (χ3n) is 4.88. The number of ether oxygens (including phenoxy) is 1. The molecule has 0 aromatic carbocycles. The third kappa shape index (κ3) is 2.04. The standard InChI is InChI=1S/C14H17BrClN3O2/c1-13(2)10-8(3-4-21-10)14(13,17)12(20)19-7-5-9(15)11(16)18-6-7/h5-6,8,10H,3-4,17H2,1-2H3,(H,19,20). The maximum absolute atomic E-state index is 12.7. The average molecular weight is 375 g/mol. The van der Waals surface area contributed by atoms with Crippen LogP contribution in [0.25, 0.3) is 0 Å².